The highest BCUT2D eigenvalue weighted by atomic mass is 35.5. The highest BCUT2D eigenvalue weighted by Crippen LogP contribution is 2.23. The molecule has 180 valence electrons. The third-order valence-corrected chi connectivity index (χ3v) is 7.03. The maximum Gasteiger partial charge on any atom is 0.264 e. The second-order valence-electron chi connectivity index (χ2n) is 7.58. The van der Waals surface area contributed by atoms with Gasteiger partial charge in [0.15, 0.2) is 5.11 Å². The lowest BCUT2D eigenvalue weighted by molar-refractivity contribution is 0.601. The van der Waals surface area contributed by atoms with Crippen molar-refractivity contribution < 1.29 is 8.42 Å². The lowest BCUT2D eigenvalue weighted by atomic mass is 10.2. The number of aryl methyl sites for hydroxylation is 1. The molecule has 0 saturated carbocycles. The molecular formula is C23H22ClN7O2S2. The number of hydrogen-bond acceptors (Lipinski definition) is 6. The number of benzene rings is 2. The summed E-state index contributed by atoms with van der Waals surface area (Å²) in [7, 11) is -3.82. The minimum atomic E-state index is -3.82. The zero-order valence-corrected chi connectivity index (χ0v) is 21.2. The number of thiocarbonyl (C=S) groups is 1. The molecule has 2 aromatic carbocycles. The standard InChI is InChI=1S/C23H22ClN7O2S2/c1-15-21(16(2)31(29-15)14-17-6-3-4-7-20(17)24)28-23(34)27-18-8-10-19(11-9-18)35(32,33)30-22-25-12-5-13-26-22/h3-13H,14H2,1-2H3,(H,25,26,30)(H2,27,28,34). The average Bonchev–Trinajstić information content (AvgIpc) is 3.08. The van der Waals surface area contributed by atoms with E-state index in [4.69, 9.17) is 23.8 Å². The van der Waals surface area contributed by atoms with Crippen molar-refractivity contribution in [3.63, 3.8) is 0 Å². The topological polar surface area (TPSA) is 114 Å². The predicted molar refractivity (Wildman–Crippen MR) is 141 cm³/mol. The molecule has 4 rings (SSSR count). The van der Waals surface area contributed by atoms with Gasteiger partial charge in [0.25, 0.3) is 10.0 Å². The molecule has 0 aliphatic rings. The van der Waals surface area contributed by atoms with Crippen molar-refractivity contribution in [2.45, 2.75) is 25.3 Å². The molecule has 0 aliphatic heterocycles. The maximum absolute atomic E-state index is 12.5. The second kappa shape index (κ2) is 10.4. The number of aromatic nitrogens is 4. The molecule has 0 atom stereocenters. The van der Waals surface area contributed by atoms with Crippen molar-refractivity contribution in [1.82, 2.24) is 19.7 Å². The Morgan fingerprint density at radius 3 is 2.37 bits per heavy atom. The smallest absolute Gasteiger partial charge is 0.264 e. The summed E-state index contributed by atoms with van der Waals surface area (Å²) in [6.07, 6.45) is 2.91. The number of halogens is 1. The van der Waals surface area contributed by atoms with Gasteiger partial charge in [-0.25, -0.2) is 23.1 Å². The summed E-state index contributed by atoms with van der Waals surface area (Å²) in [5, 5.41) is 11.9. The molecule has 0 unspecified atom stereocenters. The van der Waals surface area contributed by atoms with Gasteiger partial charge in [-0.15, -0.1) is 0 Å². The summed E-state index contributed by atoms with van der Waals surface area (Å²) in [5.74, 6) is 0.000834. The summed E-state index contributed by atoms with van der Waals surface area (Å²) in [5.41, 5.74) is 4.07. The van der Waals surface area contributed by atoms with E-state index in [9.17, 15) is 8.42 Å². The van der Waals surface area contributed by atoms with Crippen molar-refractivity contribution in [1.29, 1.82) is 0 Å². The summed E-state index contributed by atoms with van der Waals surface area (Å²) >= 11 is 11.8. The fourth-order valence-electron chi connectivity index (χ4n) is 3.34. The molecule has 0 saturated heterocycles. The first kappa shape index (κ1) is 24.6. The van der Waals surface area contributed by atoms with Gasteiger partial charge in [-0.05, 0) is 68.0 Å². The molecule has 35 heavy (non-hydrogen) atoms. The molecule has 0 aliphatic carbocycles. The normalized spacial score (nSPS) is 11.2. The van der Waals surface area contributed by atoms with Crippen LogP contribution in [0, 0.1) is 13.8 Å². The first-order chi connectivity index (χ1) is 16.7. The molecule has 0 amide bonds. The zero-order valence-electron chi connectivity index (χ0n) is 18.9. The molecule has 0 radical (unpaired) electrons. The monoisotopic (exact) mass is 527 g/mol. The van der Waals surface area contributed by atoms with E-state index in [2.05, 4.69) is 30.4 Å². The Morgan fingerprint density at radius 1 is 1.00 bits per heavy atom. The van der Waals surface area contributed by atoms with Crippen molar-refractivity contribution in [3.05, 3.63) is 89.0 Å². The summed E-state index contributed by atoms with van der Waals surface area (Å²) < 4.78 is 29.3. The summed E-state index contributed by atoms with van der Waals surface area (Å²) in [4.78, 5) is 7.83. The predicted octanol–water partition coefficient (Wildman–Crippen LogP) is 4.60. The second-order valence-corrected chi connectivity index (χ2v) is 10.1. The summed E-state index contributed by atoms with van der Waals surface area (Å²) in [6, 6.07) is 15.4. The zero-order chi connectivity index (χ0) is 25.0. The lowest BCUT2D eigenvalue weighted by Crippen LogP contribution is -2.20. The van der Waals surface area contributed by atoms with E-state index in [1.807, 2.05) is 42.8 Å². The van der Waals surface area contributed by atoms with Crippen LogP contribution in [0.4, 0.5) is 17.3 Å². The Balaban J connectivity index is 1.42. The highest BCUT2D eigenvalue weighted by molar-refractivity contribution is 7.92. The quantitative estimate of drug-likeness (QED) is 0.299. The van der Waals surface area contributed by atoms with Gasteiger partial charge in [0, 0.05) is 23.1 Å². The van der Waals surface area contributed by atoms with Crippen LogP contribution in [0.25, 0.3) is 0 Å². The number of sulfonamides is 1. The Labute approximate surface area is 213 Å². The minimum absolute atomic E-state index is 0.000834. The molecule has 9 nitrogen and oxygen atoms in total. The van der Waals surface area contributed by atoms with Gasteiger partial charge in [0.1, 0.15) is 0 Å². The van der Waals surface area contributed by atoms with Crippen LogP contribution in [0.5, 0.6) is 0 Å². The Hall–Kier alpha value is -3.54. The number of anilines is 3. The maximum atomic E-state index is 12.5. The number of nitrogens with one attached hydrogen (secondary N) is 3. The number of rotatable bonds is 7. The Bertz CT molecular complexity index is 1460. The number of hydrogen-bond donors (Lipinski definition) is 3. The van der Waals surface area contributed by atoms with Crippen LogP contribution >= 0.6 is 23.8 Å². The fourth-order valence-corrected chi connectivity index (χ4v) is 4.72. The third-order valence-electron chi connectivity index (χ3n) is 5.11. The third kappa shape index (κ3) is 5.94. The van der Waals surface area contributed by atoms with E-state index in [1.165, 1.54) is 24.5 Å². The van der Waals surface area contributed by atoms with E-state index < -0.39 is 10.0 Å². The van der Waals surface area contributed by atoms with Gasteiger partial charge in [0.05, 0.1) is 28.5 Å². The van der Waals surface area contributed by atoms with Crippen molar-refractivity contribution in [2.24, 2.45) is 0 Å². The van der Waals surface area contributed by atoms with Crippen molar-refractivity contribution in [2.75, 3.05) is 15.4 Å². The molecule has 0 bridgehead atoms. The molecule has 2 heterocycles. The average molecular weight is 528 g/mol. The van der Waals surface area contributed by atoms with Gasteiger partial charge in [0.2, 0.25) is 5.95 Å². The van der Waals surface area contributed by atoms with Crippen molar-refractivity contribution >= 4 is 56.3 Å². The van der Waals surface area contributed by atoms with Crippen LogP contribution in [-0.4, -0.2) is 33.3 Å². The molecule has 0 fully saturated rings. The SMILES string of the molecule is Cc1nn(Cc2ccccc2Cl)c(C)c1NC(=S)Nc1ccc(S(=O)(=O)Nc2ncccn2)cc1. The van der Waals surface area contributed by atoms with Crippen LogP contribution in [-0.2, 0) is 16.6 Å². The van der Waals surface area contributed by atoms with Crippen LogP contribution in [0.3, 0.4) is 0 Å². The molecule has 3 N–H and O–H groups in total. The number of nitrogens with zero attached hydrogens (tertiary/aromatic N) is 4. The lowest BCUT2D eigenvalue weighted by Gasteiger charge is -2.12. The van der Waals surface area contributed by atoms with Gasteiger partial charge in [-0.3, -0.25) is 4.68 Å². The molecule has 0 spiro atoms. The largest absolute Gasteiger partial charge is 0.332 e. The van der Waals surface area contributed by atoms with Gasteiger partial charge in [-0.1, -0.05) is 29.8 Å². The first-order valence-electron chi connectivity index (χ1n) is 10.5. The first-order valence-corrected chi connectivity index (χ1v) is 12.8. The Kier molecular flexibility index (Phi) is 7.29. The van der Waals surface area contributed by atoms with Gasteiger partial charge >= 0.3 is 0 Å². The van der Waals surface area contributed by atoms with Gasteiger partial charge in [-0.2, -0.15) is 5.10 Å². The van der Waals surface area contributed by atoms with E-state index in [-0.39, 0.29) is 10.8 Å². The van der Waals surface area contributed by atoms with Crippen LogP contribution in [0.1, 0.15) is 17.0 Å². The van der Waals surface area contributed by atoms with Crippen molar-refractivity contribution in [3.8, 4) is 0 Å². The van der Waals surface area contributed by atoms with Crippen LogP contribution in [0.2, 0.25) is 5.02 Å². The van der Waals surface area contributed by atoms with E-state index in [0.29, 0.717) is 22.4 Å². The molecule has 12 heteroatoms. The highest BCUT2D eigenvalue weighted by Gasteiger charge is 2.16. The molecular weight excluding hydrogens is 506 g/mol. The van der Waals surface area contributed by atoms with Crippen LogP contribution in [0.15, 0.2) is 71.9 Å². The van der Waals surface area contributed by atoms with Gasteiger partial charge < -0.3 is 10.6 Å². The minimum Gasteiger partial charge on any atom is -0.332 e. The molecule has 2 aromatic heterocycles. The van der Waals surface area contributed by atoms with E-state index in [0.717, 1.165) is 22.6 Å². The summed E-state index contributed by atoms with van der Waals surface area (Å²) in [6.45, 7) is 4.38. The van der Waals surface area contributed by atoms with E-state index >= 15 is 0 Å². The van der Waals surface area contributed by atoms with Crippen LogP contribution < -0.4 is 15.4 Å². The fraction of sp³-hybridized carbons (Fsp3) is 0.130. The Morgan fingerprint density at radius 2 is 1.69 bits per heavy atom. The molecule has 4 aromatic rings. The van der Waals surface area contributed by atoms with E-state index in [1.54, 1.807) is 18.2 Å².